The fraction of sp³-hybridized carbons (Fsp3) is 0.556. The number of carbonyl (C=O) groups is 6. The zero-order valence-electron chi connectivity index (χ0n) is 65.4. The number of aromatic amines is 1. The maximum atomic E-state index is 15.9. The number of amides is 6. The molecule has 0 atom stereocenters. The molecule has 0 saturated carbocycles. The minimum atomic E-state index is -1.37. The average Bonchev–Trinajstić information content (AvgIpc) is 1.72. The second-order valence-electron chi connectivity index (χ2n) is 27.8. The van der Waals surface area contributed by atoms with Gasteiger partial charge in [0.15, 0.2) is 0 Å². The van der Waals surface area contributed by atoms with E-state index in [1.54, 1.807) is 39.0 Å². The number of methoxy groups -OCH3 is 1. The zero-order valence-corrected chi connectivity index (χ0v) is 65.4. The van der Waals surface area contributed by atoms with Crippen LogP contribution in [-0.2, 0) is 88.0 Å². The van der Waals surface area contributed by atoms with Gasteiger partial charge >= 0.3 is 12.0 Å². The Hall–Kier alpha value is -8.58. The van der Waals surface area contributed by atoms with Crippen LogP contribution in [0.25, 0.3) is 33.5 Å². The molecule has 6 N–H and O–H groups in total. The van der Waals surface area contributed by atoms with Crippen LogP contribution in [-0.4, -0.2) is 278 Å². The van der Waals surface area contributed by atoms with E-state index in [1.165, 1.54) is 42.1 Å². The predicted molar refractivity (Wildman–Crippen MR) is 415 cm³/mol. The van der Waals surface area contributed by atoms with Crippen molar-refractivity contribution >= 4 is 58.0 Å². The summed E-state index contributed by atoms with van der Waals surface area (Å²) in [6, 6.07) is 21.1. The van der Waals surface area contributed by atoms with Crippen LogP contribution in [0.15, 0.2) is 85.2 Å². The van der Waals surface area contributed by atoms with Gasteiger partial charge in [-0.1, -0.05) is 30.3 Å². The number of fused-ring (bicyclic) bond motifs is 1. The van der Waals surface area contributed by atoms with Crippen LogP contribution < -0.4 is 31.3 Å². The summed E-state index contributed by atoms with van der Waals surface area (Å²) in [5.41, 5.74) is 9.77. The normalized spacial score (nSPS) is 14.6. The number of hydrogen-bond acceptors (Lipinski definition) is 24. The van der Waals surface area contributed by atoms with E-state index >= 15 is 8.78 Å². The third kappa shape index (κ3) is 28.7. The number of nitrogens with one attached hydrogen (secondary N) is 4. The molecule has 6 aromatic rings. The Balaban J connectivity index is 0.587. The number of likely N-dealkylation sites (tertiary alicyclic amines) is 2. The smallest absolute Gasteiger partial charge is 0.328 e. The molecule has 2 aromatic heterocycles. The van der Waals surface area contributed by atoms with Crippen LogP contribution in [0.5, 0.6) is 5.75 Å². The van der Waals surface area contributed by atoms with Crippen LogP contribution in [0, 0.1) is 24.0 Å². The number of nitrogens with two attached hydrogens (primary N) is 1. The molecule has 3 fully saturated rings. The fourth-order valence-corrected chi connectivity index (χ4v) is 13.1. The molecule has 6 amide bonds. The number of halogens is 2. The first-order valence-electron chi connectivity index (χ1n) is 38.7. The number of anilines is 2. The van der Waals surface area contributed by atoms with Gasteiger partial charge in [-0.2, -0.15) is 0 Å². The fourth-order valence-electron chi connectivity index (χ4n) is 13.1. The average molecular weight is 1580 g/mol. The molecular formula is C81H110F2N10O20. The van der Waals surface area contributed by atoms with Crippen LogP contribution in [0.1, 0.15) is 89.8 Å². The number of urea groups is 1. The highest BCUT2D eigenvalue weighted by Gasteiger charge is 2.39. The second-order valence-corrected chi connectivity index (χ2v) is 27.8. The van der Waals surface area contributed by atoms with Gasteiger partial charge in [0.25, 0.3) is 11.8 Å². The van der Waals surface area contributed by atoms with Gasteiger partial charge < -0.3 is 97.5 Å². The van der Waals surface area contributed by atoms with Crippen molar-refractivity contribution in [1.29, 1.82) is 0 Å². The van der Waals surface area contributed by atoms with Crippen LogP contribution in [0.3, 0.4) is 0 Å². The third-order valence-corrected chi connectivity index (χ3v) is 19.6. The summed E-state index contributed by atoms with van der Waals surface area (Å²) in [7, 11) is 1.51. The summed E-state index contributed by atoms with van der Waals surface area (Å²) in [5.74, 6) is -3.63. The molecule has 30 nitrogen and oxygen atoms in total. The maximum Gasteiger partial charge on any atom is 0.328 e. The Kier molecular flexibility index (Phi) is 37.0. The number of imide groups is 1. The molecule has 0 bridgehead atoms. The summed E-state index contributed by atoms with van der Waals surface area (Å²) in [5, 5.41) is 8.15. The minimum absolute atomic E-state index is 0.0231. The highest BCUT2D eigenvalue weighted by Crippen LogP contribution is 2.43. The number of piperidine rings is 2. The lowest BCUT2D eigenvalue weighted by Crippen LogP contribution is -2.50. The van der Waals surface area contributed by atoms with Gasteiger partial charge in [0.2, 0.25) is 11.8 Å². The molecule has 3 aliphatic heterocycles. The Morgan fingerprint density at radius 3 is 1.69 bits per heavy atom. The highest BCUT2D eigenvalue weighted by molar-refractivity contribution is 6.08. The van der Waals surface area contributed by atoms with Crippen molar-refractivity contribution in [3.8, 4) is 28.3 Å². The SMILES string of the molecule is COc1ccc(C(=O)N2CCC3(CCN(CCc4ccc(-c5cc6c(-c7cc(F)cc(NC(=O)c8ccc(C(C)(C)OC(=O)CNC(=O)CCOCCOCCOCCOCCOCCOCCOCCOCCOCCOCCOCCOCCN)cc8F)c7C)ncnc6[nH]5)cc4)CC3)CC2)cc1N1CCC(=O)NC1=O. The molecule has 9 rings (SSSR count). The minimum Gasteiger partial charge on any atom is -0.495 e. The summed E-state index contributed by atoms with van der Waals surface area (Å²) in [6.07, 6.45) is 6.34. The van der Waals surface area contributed by atoms with Gasteiger partial charge in [0, 0.05) is 73.5 Å². The highest BCUT2D eigenvalue weighted by atomic mass is 19.1. The summed E-state index contributed by atoms with van der Waals surface area (Å²) >= 11 is 0. The summed E-state index contributed by atoms with van der Waals surface area (Å²) in [4.78, 5) is 95.7. The summed E-state index contributed by atoms with van der Waals surface area (Å²) in [6.45, 7) is 19.4. The molecule has 3 aliphatic rings. The first-order valence-corrected chi connectivity index (χ1v) is 38.7. The topological polar surface area (TPSA) is 345 Å². The van der Waals surface area contributed by atoms with Crippen LogP contribution in [0.2, 0.25) is 0 Å². The van der Waals surface area contributed by atoms with Gasteiger partial charge in [-0.05, 0) is 142 Å². The number of nitrogens with zero attached hydrogens (tertiary/aromatic N) is 5. The third-order valence-electron chi connectivity index (χ3n) is 19.6. The molecule has 618 valence electrons. The molecule has 3 saturated heterocycles. The lowest BCUT2D eigenvalue weighted by atomic mass is 9.71. The van der Waals surface area contributed by atoms with Crippen molar-refractivity contribution in [2.24, 2.45) is 11.1 Å². The van der Waals surface area contributed by atoms with Crippen LogP contribution >= 0.6 is 0 Å². The molecule has 1 spiro atoms. The van der Waals surface area contributed by atoms with E-state index in [0.717, 1.165) is 75.1 Å². The first kappa shape index (κ1) is 88.4. The summed E-state index contributed by atoms with van der Waals surface area (Å²) < 4.78 is 108. The Labute approximate surface area is 658 Å². The van der Waals surface area contributed by atoms with Gasteiger partial charge in [-0.3, -0.25) is 34.2 Å². The van der Waals surface area contributed by atoms with Gasteiger partial charge in [0.1, 0.15) is 41.5 Å². The van der Waals surface area contributed by atoms with E-state index < -0.39 is 47.6 Å². The molecule has 4 aromatic carbocycles. The molecule has 0 aliphatic carbocycles. The van der Waals surface area contributed by atoms with Crippen molar-refractivity contribution in [3.05, 3.63) is 125 Å². The number of ether oxygens (including phenoxy) is 14. The van der Waals surface area contributed by atoms with Crippen LogP contribution in [0.4, 0.5) is 25.0 Å². The molecule has 0 unspecified atom stereocenters. The Bertz CT molecular complexity index is 3970. The zero-order chi connectivity index (χ0) is 80.1. The Morgan fingerprint density at radius 2 is 1.16 bits per heavy atom. The molecule has 32 heteroatoms. The van der Waals surface area contributed by atoms with E-state index in [4.69, 9.17) is 72.0 Å². The first-order chi connectivity index (χ1) is 54.9. The lowest BCUT2D eigenvalue weighted by molar-refractivity contribution is -0.157. The van der Waals surface area contributed by atoms with Crippen molar-refractivity contribution in [2.75, 3.05) is 228 Å². The van der Waals surface area contributed by atoms with Gasteiger partial charge in [-0.25, -0.2) is 23.5 Å². The number of benzene rings is 4. The maximum absolute atomic E-state index is 15.9. The number of esters is 1. The number of H-pyrrole nitrogens is 1. The Morgan fingerprint density at radius 1 is 0.619 bits per heavy atom. The van der Waals surface area contributed by atoms with Crippen molar-refractivity contribution in [1.82, 2.24) is 35.4 Å². The van der Waals surface area contributed by atoms with Crippen molar-refractivity contribution in [2.45, 2.75) is 71.3 Å². The predicted octanol–water partition coefficient (Wildman–Crippen LogP) is 7.59. The quantitative estimate of drug-likeness (QED) is 0.0181. The standard InChI is InChI=1S/C81H110F2N10O20/c1-58-65(75-66-55-69(88-76(66)87-57-86-75)60-7-5-59(6-8-60)13-21-91-23-16-81(17-24-91)18-25-92(26-19-81)78(98)61-9-12-71(100-4)70(51-61)93-22-14-73(95)90-79(93)99)53-63(82)54-68(58)89-77(97)64-11-10-62(52-67(64)83)80(2,3)113-74(96)56-85-72(94)15-27-101-29-31-103-33-35-105-37-39-107-41-43-109-45-47-111-49-50-112-48-46-110-44-42-108-40-38-106-36-34-104-32-30-102-28-20-84/h5-12,51-55,57H,13-50,56,84H2,1-4H3,(H,85,94)(H,89,97)(H,86,87,88)(H,90,95,99). The van der Waals surface area contributed by atoms with Gasteiger partial charge in [0.05, 0.1) is 183 Å². The largest absolute Gasteiger partial charge is 0.495 e. The molecule has 113 heavy (non-hydrogen) atoms. The monoisotopic (exact) mass is 1580 g/mol. The van der Waals surface area contributed by atoms with E-state index in [-0.39, 0.29) is 73.3 Å². The van der Waals surface area contributed by atoms with Crippen molar-refractivity contribution < 1.29 is 104 Å². The van der Waals surface area contributed by atoms with E-state index in [0.29, 0.717) is 203 Å². The molecule has 0 radical (unpaired) electrons. The van der Waals surface area contributed by atoms with E-state index in [2.05, 4.69) is 60.1 Å². The lowest BCUT2D eigenvalue weighted by Gasteiger charge is -2.47. The molecular weight excluding hydrogens is 1470 g/mol. The number of aromatic nitrogens is 3. The van der Waals surface area contributed by atoms with Gasteiger partial charge in [-0.15, -0.1) is 0 Å². The number of carbonyl (C=O) groups excluding carboxylic acids is 6. The number of hydrogen-bond donors (Lipinski definition) is 5. The number of rotatable bonds is 52. The van der Waals surface area contributed by atoms with E-state index in [9.17, 15) is 28.8 Å². The second kappa shape index (κ2) is 47.3. The molecule has 5 heterocycles. The van der Waals surface area contributed by atoms with Crippen molar-refractivity contribution in [3.63, 3.8) is 0 Å². The van der Waals surface area contributed by atoms with E-state index in [1.807, 2.05) is 11.0 Å².